The van der Waals surface area contributed by atoms with Gasteiger partial charge in [-0.1, -0.05) is 0 Å². The molecule has 2 rings (SSSR count). The molecule has 21 heavy (non-hydrogen) atoms. The number of hydrogen-bond acceptors (Lipinski definition) is 4. The Balaban J connectivity index is 2.20. The molecule has 1 aromatic carbocycles. The van der Waals surface area contributed by atoms with Crippen LogP contribution in [0.4, 0.5) is 5.69 Å². The van der Waals surface area contributed by atoms with Gasteiger partial charge in [-0.3, -0.25) is 9.59 Å². The Morgan fingerprint density at radius 2 is 2.10 bits per heavy atom. The lowest BCUT2D eigenvalue weighted by Gasteiger charge is -2.19. The number of hydrazone groups is 1. The maximum atomic E-state index is 12.1. The molecule has 1 aliphatic heterocycles. The van der Waals surface area contributed by atoms with Gasteiger partial charge in [-0.25, -0.2) is 9.80 Å². The maximum absolute atomic E-state index is 12.1. The number of rotatable bonds is 3. The minimum Gasteiger partial charge on any atom is -0.478 e. The van der Waals surface area contributed by atoms with Gasteiger partial charge in [-0.05, 0) is 34.1 Å². The van der Waals surface area contributed by atoms with Gasteiger partial charge in [-0.2, -0.15) is 5.10 Å². The fourth-order valence-electron chi connectivity index (χ4n) is 1.78. The number of halogens is 1. The normalized spacial score (nSPS) is 14.7. The highest BCUT2D eigenvalue weighted by atomic mass is 79.9. The standard InChI is InChI=1S/C13H12BrN3O4/c1-17-11(18)5-4-9(16-17)12(19)15-10-6-7(13(20)21)2-3-8(10)14/h2-3,6H,4-5H2,1H3,(H,15,19)(H,20,21). The number of nitrogens with zero attached hydrogens (tertiary/aromatic N) is 2. The van der Waals surface area contributed by atoms with Crippen LogP contribution in [0, 0.1) is 0 Å². The van der Waals surface area contributed by atoms with Crippen LogP contribution in [0.3, 0.4) is 0 Å². The van der Waals surface area contributed by atoms with Crippen molar-refractivity contribution in [3.63, 3.8) is 0 Å². The summed E-state index contributed by atoms with van der Waals surface area (Å²) in [7, 11) is 1.48. The first-order valence-corrected chi connectivity index (χ1v) is 6.86. The van der Waals surface area contributed by atoms with Gasteiger partial charge in [0.05, 0.1) is 11.3 Å². The van der Waals surface area contributed by atoms with Gasteiger partial charge >= 0.3 is 5.97 Å². The smallest absolute Gasteiger partial charge is 0.335 e. The van der Waals surface area contributed by atoms with Crippen LogP contribution < -0.4 is 5.32 Å². The zero-order chi connectivity index (χ0) is 15.6. The van der Waals surface area contributed by atoms with E-state index in [4.69, 9.17) is 5.11 Å². The molecule has 1 aliphatic rings. The number of aromatic carboxylic acids is 1. The molecule has 8 heteroatoms. The lowest BCUT2D eigenvalue weighted by Crippen LogP contribution is -2.34. The summed E-state index contributed by atoms with van der Waals surface area (Å²) < 4.78 is 0.557. The van der Waals surface area contributed by atoms with Crippen molar-refractivity contribution >= 4 is 45.1 Å². The summed E-state index contributed by atoms with van der Waals surface area (Å²) >= 11 is 3.24. The number of amides is 2. The van der Waals surface area contributed by atoms with Crippen LogP contribution in [0.5, 0.6) is 0 Å². The highest BCUT2D eigenvalue weighted by Crippen LogP contribution is 2.24. The van der Waals surface area contributed by atoms with Crippen LogP contribution in [-0.2, 0) is 9.59 Å². The number of carbonyl (C=O) groups is 3. The number of nitrogens with one attached hydrogen (secondary N) is 1. The SMILES string of the molecule is CN1N=C(C(=O)Nc2cc(C(=O)O)ccc2Br)CCC1=O. The Morgan fingerprint density at radius 1 is 1.38 bits per heavy atom. The molecule has 0 aliphatic carbocycles. The average molecular weight is 354 g/mol. The third kappa shape index (κ3) is 3.46. The van der Waals surface area contributed by atoms with E-state index in [1.165, 1.54) is 25.2 Å². The number of carboxylic acids is 1. The summed E-state index contributed by atoms with van der Waals surface area (Å²) in [6.07, 6.45) is 0.477. The Morgan fingerprint density at radius 3 is 2.71 bits per heavy atom. The first-order chi connectivity index (χ1) is 9.88. The molecule has 0 spiro atoms. The molecule has 1 aromatic rings. The monoisotopic (exact) mass is 353 g/mol. The minimum absolute atomic E-state index is 0.0615. The second-order valence-corrected chi connectivity index (χ2v) is 5.27. The average Bonchev–Trinajstić information content (AvgIpc) is 2.43. The third-order valence-corrected chi connectivity index (χ3v) is 3.62. The Bertz CT molecular complexity index is 657. The van der Waals surface area contributed by atoms with Crippen molar-refractivity contribution in [2.45, 2.75) is 12.8 Å². The molecular weight excluding hydrogens is 342 g/mol. The van der Waals surface area contributed by atoms with Gasteiger partial charge in [0.15, 0.2) is 0 Å². The van der Waals surface area contributed by atoms with Gasteiger partial charge < -0.3 is 10.4 Å². The van der Waals surface area contributed by atoms with Crippen LogP contribution in [0.2, 0.25) is 0 Å². The summed E-state index contributed by atoms with van der Waals surface area (Å²) in [6.45, 7) is 0. The van der Waals surface area contributed by atoms with E-state index in [9.17, 15) is 14.4 Å². The number of carbonyl (C=O) groups excluding carboxylic acids is 2. The third-order valence-electron chi connectivity index (χ3n) is 2.93. The predicted molar refractivity (Wildman–Crippen MR) is 79.2 cm³/mol. The molecule has 0 fully saturated rings. The van der Waals surface area contributed by atoms with E-state index >= 15 is 0 Å². The van der Waals surface area contributed by atoms with Gasteiger partial charge in [0.25, 0.3) is 5.91 Å². The van der Waals surface area contributed by atoms with Crippen LogP contribution in [-0.4, -0.2) is 40.7 Å². The second-order valence-electron chi connectivity index (χ2n) is 4.42. The van der Waals surface area contributed by atoms with Crippen molar-refractivity contribution in [2.24, 2.45) is 5.10 Å². The number of anilines is 1. The molecular formula is C13H12BrN3O4. The molecule has 7 nitrogen and oxygen atoms in total. The molecule has 0 bridgehead atoms. The molecule has 2 amide bonds. The van der Waals surface area contributed by atoms with Crippen molar-refractivity contribution < 1.29 is 19.5 Å². The summed E-state index contributed by atoms with van der Waals surface area (Å²) in [4.78, 5) is 34.3. The van der Waals surface area contributed by atoms with Gasteiger partial charge in [-0.15, -0.1) is 0 Å². The molecule has 110 valence electrons. The molecule has 0 aromatic heterocycles. The molecule has 0 radical (unpaired) electrons. The van der Waals surface area contributed by atoms with Crippen LogP contribution in [0.25, 0.3) is 0 Å². The second kappa shape index (κ2) is 6.04. The van der Waals surface area contributed by atoms with E-state index in [1.54, 1.807) is 0 Å². The largest absolute Gasteiger partial charge is 0.478 e. The zero-order valence-corrected chi connectivity index (χ0v) is 12.7. The van der Waals surface area contributed by atoms with Gasteiger partial charge in [0, 0.05) is 24.4 Å². The van der Waals surface area contributed by atoms with Gasteiger partial charge in [0.2, 0.25) is 5.91 Å². The number of hydrogen-bond donors (Lipinski definition) is 2. The molecule has 0 saturated carbocycles. The topological polar surface area (TPSA) is 99.1 Å². The minimum atomic E-state index is -1.08. The number of carboxylic acid groups (broad SMARTS) is 1. The zero-order valence-electron chi connectivity index (χ0n) is 11.1. The molecule has 0 atom stereocenters. The first kappa shape index (κ1) is 15.2. The fraction of sp³-hybridized carbons (Fsp3) is 0.231. The van der Waals surface area contributed by atoms with E-state index in [2.05, 4.69) is 26.3 Å². The van der Waals surface area contributed by atoms with Crippen molar-refractivity contribution in [1.29, 1.82) is 0 Å². The predicted octanol–water partition coefficient (Wildman–Crippen LogP) is 1.69. The van der Waals surface area contributed by atoms with Crippen molar-refractivity contribution in [3.8, 4) is 0 Å². The highest BCUT2D eigenvalue weighted by molar-refractivity contribution is 9.10. The molecule has 0 unspecified atom stereocenters. The summed E-state index contributed by atoms with van der Waals surface area (Å²) in [5.41, 5.74) is 0.623. The summed E-state index contributed by atoms with van der Waals surface area (Å²) in [5, 5.41) is 16.6. The Hall–Kier alpha value is -2.22. The van der Waals surface area contributed by atoms with E-state index in [-0.39, 0.29) is 30.0 Å². The molecule has 1 heterocycles. The van der Waals surface area contributed by atoms with Crippen molar-refractivity contribution in [1.82, 2.24) is 5.01 Å². The molecule has 2 N–H and O–H groups in total. The van der Waals surface area contributed by atoms with Crippen molar-refractivity contribution in [2.75, 3.05) is 12.4 Å². The van der Waals surface area contributed by atoms with Crippen molar-refractivity contribution in [3.05, 3.63) is 28.2 Å². The summed E-state index contributed by atoms with van der Waals surface area (Å²) in [5.74, 6) is -1.70. The van der Waals surface area contributed by atoms with E-state index in [0.29, 0.717) is 10.2 Å². The van der Waals surface area contributed by atoms with Crippen LogP contribution >= 0.6 is 15.9 Å². The Labute approximate surface area is 128 Å². The summed E-state index contributed by atoms with van der Waals surface area (Å²) in [6, 6.07) is 4.31. The van der Waals surface area contributed by atoms with Crippen LogP contribution in [0.15, 0.2) is 27.8 Å². The lowest BCUT2D eigenvalue weighted by atomic mass is 10.1. The van der Waals surface area contributed by atoms with Gasteiger partial charge in [0.1, 0.15) is 5.71 Å². The lowest BCUT2D eigenvalue weighted by molar-refractivity contribution is -0.130. The first-order valence-electron chi connectivity index (χ1n) is 6.06. The van der Waals surface area contributed by atoms with E-state index in [0.717, 1.165) is 5.01 Å². The quantitative estimate of drug-likeness (QED) is 0.863. The molecule has 0 saturated heterocycles. The highest BCUT2D eigenvalue weighted by Gasteiger charge is 2.22. The Kier molecular flexibility index (Phi) is 4.37. The van der Waals surface area contributed by atoms with Crippen LogP contribution in [0.1, 0.15) is 23.2 Å². The maximum Gasteiger partial charge on any atom is 0.335 e. The fourth-order valence-corrected chi connectivity index (χ4v) is 2.13. The van der Waals surface area contributed by atoms with E-state index in [1.807, 2.05) is 0 Å². The van der Waals surface area contributed by atoms with E-state index < -0.39 is 11.9 Å². The number of benzene rings is 1.